The number of ether oxygens (including phenoxy) is 3. The van der Waals surface area contributed by atoms with E-state index < -0.39 is 0 Å². The zero-order valence-corrected chi connectivity index (χ0v) is 14.9. The second-order valence-electron chi connectivity index (χ2n) is 5.61. The number of nitrogens with two attached hydrogens (primary N) is 1. The van der Waals surface area contributed by atoms with Crippen LogP contribution in [0, 0.1) is 0 Å². The molecule has 1 unspecified atom stereocenters. The maximum atomic E-state index is 5.83. The molecule has 136 valence electrons. The van der Waals surface area contributed by atoms with E-state index >= 15 is 0 Å². The van der Waals surface area contributed by atoms with Crippen LogP contribution in [0.1, 0.15) is 17.3 Å². The van der Waals surface area contributed by atoms with Gasteiger partial charge < -0.3 is 19.2 Å². The zero-order valence-electron chi connectivity index (χ0n) is 14.9. The first kappa shape index (κ1) is 17.8. The SMILES string of the molecule is COc1cc(C(NN)c2cnc(-c3ccccc3)[nH]2)cc(OC)c1OC. The Hall–Kier alpha value is -3.03. The minimum atomic E-state index is -0.325. The number of hydrogen-bond donors (Lipinski definition) is 3. The van der Waals surface area contributed by atoms with Crippen molar-refractivity contribution in [3.05, 3.63) is 59.9 Å². The highest BCUT2D eigenvalue weighted by Gasteiger charge is 2.21. The number of imidazole rings is 1. The molecule has 0 bridgehead atoms. The molecule has 3 rings (SSSR count). The number of aromatic nitrogens is 2. The average molecular weight is 354 g/mol. The van der Waals surface area contributed by atoms with Crippen molar-refractivity contribution in [1.82, 2.24) is 15.4 Å². The molecule has 0 aliphatic heterocycles. The topological polar surface area (TPSA) is 94.4 Å². The monoisotopic (exact) mass is 354 g/mol. The fourth-order valence-corrected chi connectivity index (χ4v) is 2.86. The standard InChI is InChI=1S/C19H22N4O3/c1-24-15-9-13(10-16(25-2)18(15)26-3)17(23-20)14-11-21-19(22-14)12-7-5-4-6-8-12/h4-11,17,23H,20H2,1-3H3,(H,21,22). The van der Waals surface area contributed by atoms with Crippen LogP contribution >= 0.6 is 0 Å². The summed E-state index contributed by atoms with van der Waals surface area (Å²) < 4.78 is 16.2. The van der Waals surface area contributed by atoms with E-state index in [1.165, 1.54) is 0 Å². The summed E-state index contributed by atoms with van der Waals surface area (Å²) in [6, 6.07) is 13.3. The van der Waals surface area contributed by atoms with E-state index in [1.807, 2.05) is 42.5 Å². The van der Waals surface area contributed by atoms with Crippen LogP contribution in [-0.2, 0) is 0 Å². The maximum absolute atomic E-state index is 5.83. The second kappa shape index (κ2) is 7.90. The number of hydrazine groups is 1. The third-order valence-corrected chi connectivity index (χ3v) is 4.14. The fraction of sp³-hybridized carbons (Fsp3) is 0.211. The minimum Gasteiger partial charge on any atom is -0.493 e. The van der Waals surface area contributed by atoms with E-state index in [0.717, 1.165) is 22.6 Å². The van der Waals surface area contributed by atoms with Crippen LogP contribution in [0.25, 0.3) is 11.4 Å². The second-order valence-corrected chi connectivity index (χ2v) is 5.61. The lowest BCUT2D eigenvalue weighted by atomic mass is 10.0. The summed E-state index contributed by atoms with van der Waals surface area (Å²) in [5.41, 5.74) is 5.49. The van der Waals surface area contributed by atoms with Crippen LogP contribution in [0.15, 0.2) is 48.7 Å². The van der Waals surface area contributed by atoms with Gasteiger partial charge in [-0.2, -0.15) is 0 Å². The highest BCUT2D eigenvalue weighted by molar-refractivity contribution is 5.57. The Morgan fingerprint density at radius 3 is 2.19 bits per heavy atom. The number of nitrogens with zero attached hydrogens (tertiary/aromatic N) is 1. The van der Waals surface area contributed by atoms with Crippen LogP contribution < -0.4 is 25.5 Å². The van der Waals surface area contributed by atoms with E-state index in [1.54, 1.807) is 27.5 Å². The zero-order chi connectivity index (χ0) is 18.5. The largest absolute Gasteiger partial charge is 0.493 e. The number of benzene rings is 2. The quantitative estimate of drug-likeness (QED) is 0.446. The number of H-pyrrole nitrogens is 1. The van der Waals surface area contributed by atoms with Crippen LogP contribution in [0.5, 0.6) is 17.2 Å². The van der Waals surface area contributed by atoms with E-state index in [0.29, 0.717) is 17.2 Å². The lowest BCUT2D eigenvalue weighted by molar-refractivity contribution is 0.323. The van der Waals surface area contributed by atoms with E-state index in [4.69, 9.17) is 20.1 Å². The van der Waals surface area contributed by atoms with Crippen molar-refractivity contribution in [1.29, 1.82) is 0 Å². The van der Waals surface area contributed by atoms with Gasteiger partial charge in [0.15, 0.2) is 11.5 Å². The van der Waals surface area contributed by atoms with Crippen molar-refractivity contribution < 1.29 is 14.2 Å². The molecule has 0 aliphatic rings. The Labute approximate surface area is 152 Å². The molecule has 26 heavy (non-hydrogen) atoms. The maximum Gasteiger partial charge on any atom is 0.203 e. The molecule has 0 saturated carbocycles. The number of rotatable bonds is 7. The average Bonchev–Trinajstić information content (AvgIpc) is 3.18. The summed E-state index contributed by atoms with van der Waals surface area (Å²) in [5.74, 6) is 8.25. The number of nitrogens with one attached hydrogen (secondary N) is 2. The van der Waals surface area contributed by atoms with E-state index in [9.17, 15) is 0 Å². The number of hydrogen-bond acceptors (Lipinski definition) is 6. The normalized spacial score (nSPS) is 11.8. The Balaban J connectivity index is 2.01. The predicted octanol–water partition coefficient (Wildman–Crippen LogP) is 2.66. The minimum absolute atomic E-state index is 0.325. The van der Waals surface area contributed by atoms with Crippen LogP contribution in [0.2, 0.25) is 0 Å². The molecule has 0 radical (unpaired) electrons. The molecule has 1 atom stereocenters. The van der Waals surface area contributed by atoms with Crippen LogP contribution in [0.4, 0.5) is 0 Å². The third-order valence-electron chi connectivity index (χ3n) is 4.14. The van der Waals surface area contributed by atoms with Crippen molar-refractivity contribution in [2.24, 2.45) is 5.84 Å². The highest BCUT2D eigenvalue weighted by Crippen LogP contribution is 2.40. The summed E-state index contributed by atoms with van der Waals surface area (Å²) in [6.45, 7) is 0. The number of aromatic amines is 1. The van der Waals surface area contributed by atoms with Gasteiger partial charge in [-0.1, -0.05) is 30.3 Å². The van der Waals surface area contributed by atoms with Gasteiger partial charge >= 0.3 is 0 Å². The van der Waals surface area contributed by atoms with Crippen molar-refractivity contribution in [3.63, 3.8) is 0 Å². The van der Waals surface area contributed by atoms with Gasteiger partial charge in [0.2, 0.25) is 5.75 Å². The molecule has 3 aromatic rings. The molecule has 7 nitrogen and oxygen atoms in total. The Morgan fingerprint density at radius 2 is 1.65 bits per heavy atom. The Bertz CT molecular complexity index is 839. The van der Waals surface area contributed by atoms with E-state index in [2.05, 4.69) is 15.4 Å². The summed E-state index contributed by atoms with van der Waals surface area (Å²) in [7, 11) is 4.73. The first-order chi connectivity index (χ1) is 12.7. The highest BCUT2D eigenvalue weighted by atomic mass is 16.5. The van der Waals surface area contributed by atoms with Crippen molar-refractivity contribution in [2.45, 2.75) is 6.04 Å². The van der Waals surface area contributed by atoms with E-state index in [-0.39, 0.29) is 6.04 Å². The molecule has 0 saturated heterocycles. The van der Waals surface area contributed by atoms with Crippen LogP contribution in [-0.4, -0.2) is 31.3 Å². The molecule has 1 heterocycles. The van der Waals surface area contributed by atoms with Crippen molar-refractivity contribution in [3.8, 4) is 28.6 Å². The first-order valence-corrected chi connectivity index (χ1v) is 8.08. The van der Waals surface area contributed by atoms with Gasteiger partial charge in [-0.05, 0) is 17.7 Å². The van der Waals surface area contributed by atoms with Gasteiger partial charge in [-0.3, -0.25) is 5.84 Å². The summed E-state index contributed by atoms with van der Waals surface area (Å²) in [6.07, 6.45) is 1.76. The summed E-state index contributed by atoms with van der Waals surface area (Å²) in [5, 5.41) is 0. The molecule has 2 aromatic carbocycles. The molecule has 0 aliphatic carbocycles. The number of methoxy groups -OCH3 is 3. The van der Waals surface area contributed by atoms with Gasteiger partial charge in [0.25, 0.3) is 0 Å². The molecule has 1 aromatic heterocycles. The summed E-state index contributed by atoms with van der Waals surface area (Å²) >= 11 is 0. The molecule has 0 spiro atoms. The fourth-order valence-electron chi connectivity index (χ4n) is 2.86. The lowest BCUT2D eigenvalue weighted by Gasteiger charge is -2.19. The third kappa shape index (κ3) is 3.35. The molecule has 0 fully saturated rings. The van der Waals surface area contributed by atoms with Crippen molar-refractivity contribution in [2.75, 3.05) is 21.3 Å². The van der Waals surface area contributed by atoms with Crippen molar-refractivity contribution >= 4 is 0 Å². The summed E-state index contributed by atoms with van der Waals surface area (Å²) in [4.78, 5) is 7.78. The predicted molar refractivity (Wildman–Crippen MR) is 99.3 cm³/mol. The molecule has 4 N–H and O–H groups in total. The molecule has 0 amide bonds. The molecule has 7 heteroatoms. The van der Waals surface area contributed by atoms with Gasteiger partial charge in [0.1, 0.15) is 5.82 Å². The Kier molecular flexibility index (Phi) is 5.40. The van der Waals surface area contributed by atoms with Gasteiger partial charge in [0.05, 0.1) is 39.3 Å². The Morgan fingerprint density at radius 1 is 1.00 bits per heavy atom. The van der Waals surface area contributed by atoms with Gasteiger partial charge in [-0.25, -0.2) is 10.4 Å². The lowest BCUT2D eigenvalue weighted by Crippen LogP contribution is -2.29. The molecular weight excluding hydrogens is 332 g/mol. The van der Waals surface area contributed by atoms with Crippen LogP contribution in [0.3, 0.4) is 0 Å². The first-order valence-electron chi connectivity index (χ1n) is 8.08. The van der Waals surface area contributed by atoms with Gasteiger partial charge in [0, 0.05) is 5.56 Å². The van der Waals surface area contributed by atoms with Gasteiger partial charge in [-0.15, -0.1) is 0 Å². The molecular formula is C19H22N4O3. The smallest absolute Gasteiger partial charge is 0.203 e.